The highest BCUT2D eigenvalue weighted by Gasteiger charge is 2.29. The molecule has 0 aliphatic rings. The SMILES string of the molecule is C=C(CCC(O)CO)C(=O)OC(C)(C)OC(=O)C(=C)CCC(O)CO. The van der Waals surface area contributed by atoms with Crippen molar-refractivity contribution in [2.75, 3.05) is 13.2 Å². The minimum Gasteiger partial charge on any atom is -0.420 e. The minimum atomic E-state index is -1.56. The molecule has 0 aromatic heterocycles. The van der Waals surface area contributed by atoms with E-state index < -0.39 is 43.1 Å². The molecule has 0 spiro atoms. The van der Waals surface area contributed by atoms with Gasteiger partial charge in [-0.1, -0.05) is 13.2 Å². The number of carbonyl (C=O) groups excluding carboxylic acids is 2. The molecule has 0 fully saturated rings. The van der Waals surface area contributed by atoms with Gasteiger partial charge >= 0.3 is 11.9 Å². The Morgan fingerprint density at radius 3 is 1.48 bits per heavy atom. The topological polar surface area (TPSA) is 134 Å². The van der Waals surface area contributed by atoms with Gasteiger partial charge in [0.1, 0.15) is 0 Å². The van der Waals surface area contributed by atoms with Crippen molar-refractivity contribution in [3.05, 3.63) is 24.3 Å². The number of esters is 2. The van der Waals surface area contributed by atoms with Gasteiger partial charge in [0.2, 0.25) is 0 Å². The molecule has 0 radical (unpaired) electrons. The van der Waals surface area contributed by atoms with Crippen molar-refractivity contribution in [3.8, 4) is 0 Å². The van der Waals surface area contributed by atoms with Crippen LogP contribution in [-0.4, -0.2) is 63.6 Å². The fraction of sp³-hybridized carbons (Fsp3) is 0.647. The largest absolute Gasteiger partial charge is 0.420 e. The highest BCUT2D eigenvalue weighted by atomic mass is 16.7. The summed E-state index contributed by atoms with van der Waals surface area (Å²) >= 11 is 0. The first-order valence-corrected chi connectivity index (χ1v) is 7.92. The molecule has 0 aliphatic heterocycles. The molecular formula is C17H28O8. The number of carbonyl (C=O) groups is 2. The lowest BCUT2D eigenvalue weighted by molar-refractivity contribution is -0.211. The molecule has 144 valence electrons. The van der Waals surface area contributed by atoms with Crippen molar-refractivity contribution in [3.63, 3.8) is 0 Å². The molecule has 25 heavy (non-hydrogen) atoms. The van der Waals surface area contributed by atoms with Gasteiger partial charge in [-0.2, -0.15) is 0 Å². The molecule has 0 bridgehead atoms. The molecule has 0 rings (SSSR count). The Bertz CT molecular complexity index is 441. The third kappa shape index (κ3) is 9.98. The van der Waals surface area contributed by atoms with Crippen LogP contribution in [0, 0.1) is 0 Å². The fourth-order valence-electron chi connectivity index (χ4n) is 1.68. The summed E-state index contributed by atoms with van der Waals surface area (Å²) in [5.74, 6) is -3.14. The van der Waals surface area contributed by atoms with Gasteiger partial charge in [-0.15, -0.1) is 0 Å². The quantitative estimate of drug-likeness (QED) is 0.220. The average molecular weight is 360 g/mol. The van der Waals surface area contributed by atoms with Crippen molar-refractivity contribution in [1.29, 1.82) is 0 Å². The zero-order valence-corrected chi connectivity index (χ0v) is 14.7. The van der Waals surface area contributed by atoms with E-state index >= 15 is 0 Å². The van der Waals surface area contributed by atoms with Crippen LogP contribution in [0.4, 0.5) is 0 Å². The molecule has 8 heteroatoms. The first-order chi connectivity index (χ1) is 11.5. The number of aliphatic hydroxyl groups excluding tert-OH is 4. The summed E-state index contributed by atoms with van der Waals surface area (Å²) in [6.45, 7) is 8.98. The minimum absolute atomic E-state index is 0.0709. The highest BCUT2D eigenvalue weighted by molar-refractivity contribution is 5.89. The van der Waals surface area contributed by atoms with Crippen LogP contribution in [0.5, 0.6) is 0 Å². The van der Waals surface area contributed by atoms with E-state index in [4.69, 9.17) is 19.7 Å². The first kappa shape index (κ1) is 23.3. The Morgan fingerprint density at radius 1 is 0.880 bits per heavy atom. The summed E-state index contributed by atoms with van der Waals surface area (Å²) in [4.78, 5) is 23.8. The zero-order chi connectivity index (χ0) is 19.6. The van der Waals surface area contributed by atoms with Crippen LogP contribution < -0.4 is 0 Å². The lowest BCUT2D eigenvalue weighted by Gasteiger charge is -2.26. The van der Waals surface area contributed by atoms with E-state index in [9.17, 15) is 19.8 Å². The highest BCUT2D eigenvalue weighted by Crippen LogP contribution is 2.19. The molecule has 2 unspecified atom stereocenters. The van der Waals surface area contributed by atoms with Gasteiger partial charge in [-0.05, 0) is 25.7 Å². The maximum absolute atomic E-state index is 11.9. The Kier molecular flexibility index (Phi) is 10.2. The van der Waals surface area contributed by atoms with Gasteiger partial charge in [-0.25, -0.2) is 9.59 Å². The molecule has 0 amide bonds. The van der Waals surface area contributed by atoms with Gasteiger partial charge < -0.3 is 29.9 Å². The van der Waals surface area contributed by atoms with Gasteiger partial charge in [0.25, 0.3) is 5.79 Å². The molecule has 0 saturated heterocycles. The fourth-order valence-corrected chi connectivity index (χ4v) is 1.68. The van der Waals surface area contributed by atoms with E-state index in [1.165, 1.54) is 13.8 Å². The lowest BCUT2D eigenvalue weighted by Crippen LogP contribution is -2.35. The van der Waals surface area contributed by atoms with Crippen molar-refractivity contribution in [2.45, 2.75) is 57.5 Å². The van der Waals surface area contributed by atoms with E-state index in [0.717, 1.165) is 0 Å². The predicted octanol–water partition coefficient (Wildman–Crippen LogP) is 0.188. The molecule has 0 saturated carbocycles. The molecule has 0 aromatic rings. The van der Waals surface area contributed by atoms with Crippen LogP contribution in [0.25, 0.3) is 0 Å². The van der Waals surface area contributed by atoms with Gasteiger partial charge in [-0.3, -0.25) is 0 Å². The van der Waals surface area contributed by atoms with E-state index in [-0.39, 0.29) is 36.8 Å². The maximum atomic E-state index is 11.9. The monoisotopic (exact) mass is 360 g/mol. The summed E-state index contributed by atoms with van der Waals surface area (Å²) in [5.41, 5.74) is 0.142. The number of hydrogen-bond acceptors (Lipinski definition) is 8. The van der Waals surface area contributed by atoms with Crippen LogP contribution in [0.3, 0.4) is 0 Å². The Balaban J connectivity index is 4.46. The molecular weight excluding hydrogens is 332 g/mol. The summed E-state index contributed by atoms with van der Waals surface area (Å²) in [5, 5.41) is 36.0. The second kappa shape index (κ2) is 11.0. The number of aliphatic hydroxyl groups is 4. The predicted molar refractivity (Wildman–Crippen MR) is 89.2 cm³/mol. The second-order valence-electron chi connectivity index (χ2n) is 6.14. The summed E-state index contributed by atoms with van der Waals surface area (Å²) in [7, 11) is 0. The molecule has 0 aliphatic carbocycles. The van der Waals surface area contributed by atoms with Crippen LogP contribution in [0.2, 0.25) is 0 Å². The normalized spacial score (nSPS) is 13.7. The molecule has 0 heterocycles. The van der Waals surface area contributed by atoms with E-state index in [1.807, 2.05) is 0 Å². The number of rotatable bonds is 12. The smallest absolute Gasteiger partial charge is 0.336 e. The molecule has 4 N–H and O–H groups in total. The molecule has 0 aromatic carbocycles. The van der Waals surface area contributed by atoms with Crippen LogP contribution in [-0.2, 0) is 19.1 Å². The average Bonchev–Trinajstić information content (AvgIpc) is 2.55. The van der Waals surface area contributed by atoms with Crippen LogP contribution in [0.15, 0.2) is 24.3 Å². The zero-order valence-electron chi connectivity index (χ0n) is 14.7. The van der Waals surface area contributed by atoms with Gasteiger partial charge in [0.05, 0.1) is 25.4 Å². The molecule has 2 atom stereocenters. The number of ether oxygens (including phenoxy) is 2. The van der Waals surface area contributed by atoms with Crippen molar-refractivity contribution >= 4 is 11.9 Å². The third-order valence-corrected chi connectivity index (χ3v) is 3.23. The molecule has 8 nitrogen and oxygen atoms in total. The van der Waals surface area contributed by atoms with Crippen LogP contribution in [0.1, 0.15) is 39.5 Å². The second-order valence-corrected chi connectivity index (χ2v) is 6.14. The van der Waals surface area contributed by atoms with Crippen LogP contribution >= 0.6 is 0 Å². The van der Waals surface area contributed by atoms with Crippen molar-refractivity contribution < 1.29 is 39.5 Å². The lowest BCUT2D eigenvalue weighted by atomic mass is 10.1. The Labute approximate surface area is 147 Å². The Hall–Kier alpha value is -1.74. The third-order valence-electron chi connectivity index (χ3n) is 3.23. The van der Waals surface area contributed by atoms with Crippen molar-refractivity contribution in [1.82, 2.24) is 0 Å². The maximum Gasteiger partial charge on any atom is 0.336 e. The summed E-state index contributed by atoms with van der Waals surface area (Å²) < 4.78 is 10.2. The van der Waals surface area contributed by atoms with E-state index in [0.29, 0.717) is 0 Å². The standard InChI is InChI=1S/C17H28O8/c1-11(5-7-13(20)9-18)15(22)24-17(3,4)25-16(23)12(2)6-8-14(21)10-19/h13-14,18-21H,1-2,5-10H2,3-4H3. The van der Waals surface area contributed by atoms with Gasteiger partial charge in [0.15, 0.2) is 0 Å². The van der Waals surface area contributed by atoms with Gasteiger partial charge in [0, 0.05) is 25.0 Å². The Morgan fingerprint density at radius 2 is 1.20 bits per heavy atom. The summed E-state index contributed by atoms with van der Waals surface area (Å²) in [6, 6.07) is 0. The first-order valence-electron chi connectivity index (χ1n) is 7.92. The van der Waals surface area contributed by atoms with E-state index in [1.54, 1.807) is 0 Å². The summed E-state index contributed by atoms with van der Waals surface area (Å²) in [6.07, 6.45) is -1.36. The van der Waals surface area contributed by atoms with E-state index in [2.05, 4.69) is 13.2 Å². The van der Waals surface area contributed by atoms with Crippen molar-refractivity contribution in [2.24, 2.45) is 0 Å². The number of hydrogen-bond donors (Lipinski definition) is 4.